The first-order chi connectivity index (χ1) is 16.8. The van der Waals surface area contributed by atoms with E-state index in [9.17, 15) is 14.4 Å². The first-order valence-corrected chi connectivity index (χ1v) is 11.2. The van der Waals surface area contributed by atoms with E-state index in [1.54, 1.807) is 30.3 Å². The Kier molecular flexibility index (Phi) is 6.89. The largest absolute Gasteiger partial charge is 0.497 e. The maximum absolute atomic E-state index is 13.2. The third kappa shape index (κ3) is 5.20. The maximum atomic E-state index is 13.2. The molecule has 4 amide bonds. The second kappa shape index (κ2) is 10.0. The molecule has 7 nitrogen and oxygen atoms in total. The van der Waals surface area contributed by atoms with Crippen LogP contribution in [0.1, 0.15) is 22.3 Å². The third-order valence-electron chi connectivity index (χ3n) is 5.67. The average molecular weight is 491 g/mol. The van der Waals surface area contributed by atoms with E-state index in [1.165, 1.54) is 30.9 Å². The lowest BCUT2D eigenvalue weighted by atomic mass is 10.1. The Morgan fingerprint density at radius 1 is 0.943 bits per heavy atom. The summed E-state index contributed by atoms with van der Waals surface area (Å²) in [5.74, 6) is -0.566. The lowest BCUT2D eigenvalue weighted by molar-refractivity contribution is -0.122. The summed E-state index contributed by atoms with van der Waals surface area (Å²) in [6, 6.07) is 16.4. The zero-order chi connectivity index (χ0) is 25.1. The molecule has 1 N–H and O–H groups in total. The monoisotopic (exact) mass is 490 g/mol. The number of rotatable bonds is 6. The number of amides is 4. The highest BCUT2D eigenvalue weighted by atomic mass is 35.5. The van der Waals surface area contributed by atoms with Gasteiger partial charge in [0.15, 0.2) is 0 Å². The molecule has 0 saturated carbocycles. The Morgan fingerprint density at radius 2 is 1.69 bits per heavy atom. The normalized spacial score (nSPS) is 14.8. The van der Waals surface area contributed by atoms with Gasteiger partial charge in [-0.1, -0.05) is 29.8 Å². The fourth-order valence-corrected chi connectivity index (χ4v) is 3.70. The second-order valence-corrected chi connectivity index (χ2v) is 8.48. The van der Waals surface area contributed by atoms with Crippen LogP contribution in [0.5, 0.6) is 11.5 Å². The van der Waals surface area contributed by atoms with E-state index in [0.717, 1.165) is 16.0 Å². The SMILES string of the molecule is COc1ccc(/C=C2\C(=O)NC(=O)N(c3ccc(Cl)cc3)C2=O)c(OCc2ccc(C)c(C)c2)c1. The Balaban J connectivity index is 1.68. The standard InChI is InChI=1S/C27H23ClN2O5/c1-16-4-5-18(12-17(16)2)15-35-24-14-22(34-3)11-6-19(24)13-23-25(31)29-27(33)30(26(23)32)21-9-7-20(28)8-10-21/h4-14H,15H2,1-3H3,(H,29,31,33)/b23-13+. The van der Waals surface area contributed by atoms with Gasteiger partial charge in [-0.25, -0.2) is 9.69 Å². The van der Waals surface area contributed by atoms with Crippen molar-refractivity contribution >= 4 is 41.2 Å². The molecule has 0 bridgehead atoms. The first kappa shape index (κ1) is 24.0. The number of hydrogen-bond donors (Lipinski definition) is 1. The highest BCUT2D eigenvalue weighted by molar-refractivity contribution is 6.39. The molecule has 0 atom stereocenters. The van der Waals surface area contributed by atoms with Gasteiger partial charge in [0, 0.05) is 16.7 Å². The number of imide groups is 2. The summed E-state index contributed by atoms with van der Waals surface area (Å²) in [5.41, 5.74) is 3.87. The average Bonchev–Trinajstić information content (AvgIpc) is 2.84. The van der Waals surface area contributed by atoms with Crippen LogP contribution in [0, 0.1) is 13.8 Å². The van der Waals surface area contributed by atoms with E-state index < -0.39 is 17.8 Å². The Bertz CT molecular complexity index is 1350. The number of carbonyl (C=O) groups excluding carboxylic acids is 3. The minimum Gasteiger partial charge on any atom is -0.497 e. The number of nitrogens with one attached hydrogen (secondary N) is 1. The lowest BCUT2D eigenvalue weighted by Gasteiger charge is -2.26. The molecular formula is C27H23ClN2O5. The van der Waals surface area contributed by atoms with Crippen LogP contribution in [0.2, 0.25) is 5.02 Å². The van der Waals surface area contributed by atoms with E-state index in [2.05, 4.69) is 5.32 Å². The van der Waals surface area contributed by atoms with Gasteiger partial charge in [0.05, 0.1) is 12.8 Å². The molecule has 8 heteroatoms. The molecule has 0 radical (unpaired) electrons. The summed E-state index contributed by atoms with van der Waals surface area (Å²) in [6.07, 6.45) is 1.40. The molecule has 0 aliphatic carbocycles. The fraction of sp³-hybridized carbons (Fsp3) is 0.148. The number of nitrogens with zero attached hydrogens (tertiary/aromatic N) is 1. The predicted molar refractivity (Wildman–Crippen MR) is 134 cm³/mol. The maximum Gasteiger partial charge on any atom is 0.335 e. The van der Waals surface area contributed by atoms with Crippen LogP contribution in [0.3, 0.4) is 0 Å². The number of anilines is 1. The smallest absolute Gasteiger partial charge is 0.335 e. The molecule has 0 unspecified atom stereocenters. The van der Waals surface area contributed by atoms with Gasteiger partial charge in [-0.3, -0.25) is 14.9 Å². The van der Waals surface area contributed by atoms with Crippen molar-refractivity contribution in [2.45, 2.75) is 20.5 Å². The summed E-state index contributed by atoms with van der Waals surface area (Å²) < 4.78 is 11.4. The number of aryl methyl sites for hydroxylation is 2. The molecule has 1 fully saturated rings. The van der Waals surface area contributed by atoms with Crippen molar-refractivity contribution in [3.05, 3.63) is 93.5 Å². The molecule has 0 aromatic heterocycles. The van der Waals surface area contributed by atoms with Gasteiger partial charge in [-0.15, -0.1) is 0 Å². The lowest BCUT2D eigenvalue weighted by Crippen LogP contribution is -2.54. The van der Waals surface area contributed by atoms with Gasteiger partial charge >= 0.3 is 6.03 Å². The van der Waals surface area contributed by atoms with Crippen molar-refractivity contribution in [3.8, 4) is 11.5 Å². The van der Waals surface area contributed by atoms with Gasteiger partial charge in [-0.2, -0.15) is 0 Å². The summed E-state index contributed by atoms with van der Waals surface area (Å²) in [4.78, 5) is 39.1. The quantitative estimate of drug-likeness (QED) is 0.378. The van der Waals surface area contributed by atoms with Crippen LogP contribution in [0.25, 0.3) is 6.08 Å². The first-order valence-electron chi connectivity index (χ1n) is 10.8. The third-order valence-corrected chi connectivity index (χ3v) is 5.92. The molecule has 0 spiro atoms. The molecule has 1 saturated heterocycles. The summed E-state index contributed by atoms with van der Waals surface area (Å²) >= 11 is 5.92. The highest BCUT2D eigenvalue weighted by Gasteiger charge is 2.37. The van der Waals surface area contributed by atoms with Crippen molar-refractivity contribution in [1.82, 2.24) is 5.32 Å². The number of benzene rings is 3. The number of hydrogen-bond acceptors (Lipinski definition) is 5. The summed E-state index contributed by atoms with van der Waals surface area (Å²) in [5, 5.41) is 2.67. The van der Waals surface area contributed by atoms with Crippen LogP contribution < -0.4 is 19.7 Å². The van der Waals surface area contributed by atoms with Gasteiger partial charge in [-0.05, 0) is 73.0 Å². The van der Waals surface area contributed by atoms with Crippen LogP contribution in [0.15, 0.2) is 66.2 Å². The molecular weight excluding hydrogens is 468 g/mol. The molecule has 1 heterocycles. The topological polar surface area (TPSA) is 84.9 Å². The minimum atomic E-state index is -0.833. The van der Waals surface area contributed by atoms with Crippen LogP contribution in [0.4, 0.5) is 10.5 Å². The Hall–Kier alpha value is -4.10. The summed E-state index contributed by atoms with van der Waals surface area (Å²) in [6.45, 7) is 4.35. The number of urea groups is 1. The van der Waals surface area contributed by atoms with Crippen molar-refractivity contribution < 1.29 is 23.9 Å². The van der Waals surface area contributed by atoms with Crippen molar-refractivity contribution in [3.63, 3.8) is 0 Å². The van der Waals surface area contributed by atoms with E-state index >= 15 is 0 Å². The molecule has 3 aromatic rings. The van der Waals surface area contributed by atoms with E-state index in [4.69, 9.17) is 21.1 Å². The summed E-state index contributed by atoms with van der Waals surface area (Å²) in [7, 11) is 1.54. The predicted octanol–water partition coefficient (Wildman–Crippen LogP) is 5.21. The number of barbiturate groups is 1. The van der Waals surface area contributed by atoms with E-state index in [0.29, 0.717) is 22.1 Å². The van der Waals surface area contributed by atoms with Gasteiger partial charge in [0.2, 0.25) is 0 Å². The van der Waals surface area contributed by atoms with Gasteiger partial charge < -0.3 is 9.47 Å². The van der Waals surface area contributed by atoms with Crippen molar-refractivity contribution in [2.75, 3.05) is 12.0 Å². The molecule has 178 valence electrons. The number of halogens is 1. The zero-order valence-electron chi connectivity index (χ0n) is 19.4. The van der Waals surface area contributed by atoms with Crippen molar-refractivity contribution in [1.29, 1.82) is 0 Å². The molecule has 3 aromatic carbocycles. The van der Waals surface area contributed by atoms with Gasteiger partial charge in [0.1, 0.15) is 23.7 Å². The van der Waals surface area contributed by atoms with E-state index in [1.807, 2.05) is 32.0 Å². The number of ether oxygens (including phenoxy) is 2. The molecule has 1 aliphatic rings. The van der Waals surface area contributed by atoms with Crippen LogP contribution in [-0.2, 0) is 16.2 Å². The molecule has 35 heavy (non-hydrogen) atoms. The number of methoxy groups -OCH3 is 1. The second-order valence-electron chi connectivity index (χ2n) is 8.05. The zero-order valence-corrected chi connectivity index (χ0v) is 20.2. The van der Waals surface area contributed by atoms with Gasteiger partial charge in [0.25, 0.3) is 11.8 Å². The highest BCUT2D eigenvalue weighted by Crippen LogP contribution is 2.30. The minimum absolute atomic E-state index is 0.208. The van der Waals surface area contributed by atoms with Crippen LogP contribution >= 0.6 is 11.6 Å². The van der Waals surface area contributed by atoms with E-state index in [-0.39, 0.29) is 17.9 Å². The molecule has 4 rings (SSSR count). The Labute approximate surface area is 207 Å². The molecule has 1 aliphatic heterocycles. The number of carbonyl (C=O) groups is 3. The van der Waals surface area contributed by atoms with Crippen molar-refractivity contribution in [2.24, 2.45) is 0 Å². The fourth-order valence-electron chi connectivity index (χ4n) is 3.58. The Morgan fingerprint density at radius 3 is 2.37 bits per heavy atom. The van der Waals surface area contributed by atoms with Crippen LogP contribution in [-0.4, -0.2) is 25.0 Å².